The second kappa shape index (κ2) is 5.02. The molecule has 1 unspecified atom stereocenters. The number of benzene rings is 1. The minimum absolute atomic E-state index is 0.253. The highest BCUT2D eigenvalue weighted by molar-refractivity contribution is 9.10. The van der Waals surface area contributed by atoms with E-state index in [0.29, 0.717) is 0 Å². The van der Waals surface area contributed by atoms with E-state index in [1.165, 1.54) is 19.2 Å². The van der Waals surface area contributed by atoms with Gasteiger partial charge in [-0.2, -0.15) is 0 Å². The van der Waals surface area contributed by atoms with E-state index in [2.05, 4.69) is 20.7 Å². The minimum Gasteiger partial charge on any atom is -0.468 e. The Morgan fingerprint density at radius 2 is 1.87 bits per heavy atom. The van der Waals surface area contributed by atoms with Gasteiger partial charge in [-0.25, -0.2) is 4.39 Å². The van der Waals surface area contributed by atoms with Gasteiger partial charge in [-0.15, -0.1) is 0 Å². The van der Waals surface area contributed by atoms with Gasteiger partial charge in [-0.05, 0) is 24.3 Å². The standard InChI is InChI=1S/C10H8BrFO3/c1-15-10(14)8(11)9(13)6-2-4-7(12)5-3-6/h2-5,8H,1H3. The van der Waals surface area contributed by atoms with Gasteiger partial charge in [0.2, 0.25) is 0 Å². The summed E-state index contributed by atoms with van der Waals surface area (Å²) in [6.45, 7) is 0. The van der Waals surface area contributed by atoms with Crippen molar-refractivity contribution < 1.29 is 18.7 Å². The highest BCUT2D eigenvalue weighted by atomic mass is 79.9. The van der Waals surface area contributed by atoms with Crippen molar-refractivity contribution in [2.75, 3.05) is 7.11 Å². The number of rotatable bonds is 3. The molecular formula is C10H8BrFO3. The highest BCUT2D eigenvalue weighted by Gasteiger charge is 2.25. The van der Waals surface area contributed by atoms with Crippen molar-refractivity contribution in [1.29, 1.82) is 0 Å². The summed E-state index contributed by atoms with van der Waals surface area (Å²) in [5, 5.41) is 0. The van der Waals surface area contributed by atoms with Gasteiger partial charge in [0, 0.05) is 5.56 Å². The Bertz CT molecular complexity index is 375. The van der Waals surface area contributed by atoms with E-state index in [4.69, 9.17) is 0 Å². The number of halogens is 2. The molecule has 0 aliphatic heterocycles. The Morgan fingerprint density at radius 3 is 2.33 bits per heavy atom. The molecule has 5 heteroatoms. The van der Waals surface area contributed by atoms with Gasteiger partial charge < -0.3 is 4.74 Å². The molecule has 15 heavy (non-hydrogen) atoms. The number of esters is 1. The number of alkyl halides is 1. The minimum atomic E-state index is -1.05. The average molecular weight is 275 g/mol. The van der Waals surface area contributed by atoms with Crippen molar-refractivity contribution in [3.05, 3.63) is 35.6 Å². The van der Waals surface area contributed by atoms with Gasteiger partial charge in [-0.3, -0.25) is 9.59 Å². The Labute approximate surface area is 94.4 Å². The van der Waals surface area contributed by atoms with E-state index in [-0.39, 0.29) is 5.56 Å². The second-order valence-corrected chi connectivity index (χ2v) is 3.67. The van der Waals surface area contributed by atoms with Crippen LogP contribution in [0, 0.1) is 5.82 Å². The van der Waals surface area contributed by atoms with Gasteiger partial charge >= 0.3 is 5.97 Å². The molecule has 0 amide bonds. The molecule has 0 aliphatic carbocycles. The predicted octanol–water partition coefficient (Wildman–Crippen LogP) is 1.94. The topological polar surface area (TPSA) is 43.4 Å². The maximum absolute atomic E-state index is 12.6. The third-order valence-electron chi connectivity index (χ3n) is 1.77. The smallest absolute Gasteiger partial charge is 0.327 e. The molecule has 0 bridgehead atoms. The molecule has 0 radical (unpaired) electrons. The summed E-state index contributed by atoms with van der Waals surface area (Å²) in [5.74, 6) is -1.57. The van der Waals surface area contributed by atoms with Crippen molar-refractivity contribution in [2.45, 2.75) is 4.83 Å². The van der Waals surface area contributed by atoms with E-state index in [1.807, 2.05) is 0 Å². The first kappa shape index (κ1) is 11.8. The molecule has 0 aliphatic rings. The maximum Gasteiger partial charge on any atom is 0.327 e. The summed E-state index contributed by atoms with van der Waals surface area (Å²) in [4.78, 5) is 21.6. The number of carbonyl (C=O) groups excluding carboxylic acids is 2. The number of Topliss-reactive ketones (excluding diaryl/α,β-unsaturated/α-hetero) is 1. The predicted molar refractivity (Wildman–Crippen MR) is 55.5 cm³/mol. The van der Waals surface area contributed by atoms with Crippen molar-refractivity contribution in [2.24, 2.45) is 0 Å². The van der Waals surface area contributed by atoms with Crippen LogP contribution in [0.15, 0.2) is 24.3 Å². The van der Waals surface area contributed by atoms with Crippen LogP contribution in [0.25, 0.3) is 0 Å². The van der Waals surface area contributed by atoms with Gasteiger partial charge in [0.1, 0.15) is 5.82 Å². The molecule has 80 valence electrons. The molecule has 1 atom stereocenters. The molecule has 0 saturated carbocycles. The lowest BCUT2D eigenvalue weighted by atomic mass is 10.1. The first-order chi connectivity index (χ1) is 7.06. The van der Waals surface area contributed by atoms with Crippen molar-refractivity contribution in [3.63, 3.8) is 0 Å². The lowest BCUT2D eigenvalue weighted by molar-refractivity contribution is -0.138. The number of methoxy groups -OCH3 is 1. The number of ketones is 1. The number of hydrogen-bond acceptors (Lipinski definition) is 3. The van der Waals surface area contributed by atoms with Gasteiger partial charge in [0.25, 0.3) is 0 Å². The fourth-order valence-corrected chi connectivity index (χ4v) is 1.42. The van der Waals surface area contributed by atoms with Crippen molar-refractivity contribution in [1.82, 2.24) is 0 Å². The second-order valence-electron chi connectivity index (χ2n) is 2.76. The van der Waals surface area contributed by atoms with Crippen LogP contribution in [0.4, 0.5) is 4.39 Å². The Kier molecular flexibility index (Phi) is 3.96. The van der Waals surface area contributed by atoms with Crippen LogP contribution in [0.1, 0.15) is 10.4 Å². The Balaban J connectivity index is 2.85. The van der Waals surface area contributed by atoms with Crippen LogP contribution in [0.2, 0.25) is 0 Å². The van der Waals surface area contributed by atoms with Crippen LogP contribution in [0.5, 0.6) is 0 Å². The summed E-state index contributed by atoms with van der Waals surface area (Å²) in [7, 11) is 1.19. The van der Waals surface area contributed by atoms with Crippen LogP contribution in [0.3, 0.4) is 0 Å². The third kappa shape index (κ3) is 2.86. The number of carbonyl (C=O) groups is 2. The van der Waals surface area contributed by atoms with E-state index in [9.17, 15) is 14.0 Å². The van der Waals surface area contributed by atoms with Crippen LogP contribution in [-0.4, -0.2) is 23.7 Å². The van der Waals surface area contributed by atoms with Crippen LogP contribution < -0.4 is 0 Å². The molecule has 1 rings (SSSR count). The molecule has 0 spiro atoms. The fraction of sp³-hybridized carbons (Fsp3) is 0.200. The van der Waals surface area contributed by atoms with E-state index >= 15 is 0 Å². The normalized spacial score (nSPS) is 11.9. The summed E-state index contributed by atoms with van der Waals surface area (Å²) in [6.07, 6.45) is 0. The summed E-state index contributed by atoms with van der Waals surface area (Å²) in [5.41, 5.74) is 0.253. The van der Waals surface area contributed by atoms with Crippen molar-refractivity contribution >= 4 is 27.7 Å². The van der Waals surface area contributed by atoms with Gasteiger partial charge in [-0.1, -0.05) is 15.9 Å². The zero-order valence-electron chi connectivity index (χ0n) is 7.87. The molecular weight excluding hydrogens is 267 g/mol. The number of hydrogen-bond donors (Lipinski definition) is 0. The SMILES string of the molecule is COC(=O)C(Br)C(=O)c1ccc(F)cc1. The molecule has 0 fully saturated rings. The zero-order chi connectivity index (χ0) is 11.4. The maximum atomic E-state index is 12.6. The molecule has 1 aromatic rings. The van der Waals surface area contributed by atoms with Gasteiger partial charge in [0.15, 0.2) is 10.6 Å². The number of ether oxygens (including phenoxy) is 1. The molecule has 0 heterocycles. The van der Waals surface area contributed by atoms with E-state index in [1.54, 1.807) is 0 Å². The third-order valence-corrected chi connectivity index (χ3v) is 2.56. The summed E-state index contributed by atoms with van der Waals surface area (Å²) >= 11 is 2.91. The summed E-state index contributed by atoms with van der Waals surface area (Å²) in [6, 6.07) is 4.94. The largest absolute Gasteiger partial charge is 0.468 e. The fourth-order valence-electron chi connectivity index (χ4n) is 0.971. The first-order valence-electron chi connectivity index (χ1n) is 4.08. The Morgan fingerprint density at radius 1 is 1.33 bits per heavy atom. The average Bonchev–Trinajstić information content (AvgIpc) is 2.27. The van der Waals surface area contributed by atoms with Crippen LogP contribution in [-0.2, 0) is 9.53 Å². The molecule has 0 saturated heterocycles. The van der Waals surface area contributed by atoms with E-state index in [0.717, 1.165) is 12.1 Å². The van der Waals surface area contributed by atoms with Gasteiger partial charge in [0.05, 0.1) is 7.11 Å². The first-order valence-corrected chi connectivity index (χ1v) is 4.99. The summed E-state index contributed by atoms with van der Waals surface area (Å²) < 4.78 is 17.0. The monoisotopic (exact) mass is 274 g/mol. The van der Waals surface area contributed by atoms with Crippen LogP contribution >= 0.6 is 15.9 Å². The Hall–Kier alpha value is -1.23. The van der Waals surface area contributed by atoms with Crippen molar-refractivity contribution in [3.8, 4) is 0 Å². The lowest BCUT2D eigenvalue weighted by Gasteiger charge is -2.06. The molecule has 0 aromatic heterocycles. The lowest BCUT2D eigenvalue weighted by Crippen LogP contribution is -2.25. The zero-order valence-corrected chi connectivity index (χ0v) is 9.45. The highest BCUT2D eigenvalue weighted by Crippen LogP contribution is 2.12. The molecule has 0 N–H and O–H groups in total. The molecule has 3 nitrogen and oxygen atoms in total. The molecule has 1 aromatic carbocycles. The quantitative estimate of drug-likeness (QED) is 0.366. The van der Waals surface area contributed by atoms with E-state index < -0.39 is 22.4 Å².